The average Bonchev–Trinajstić information content (AvgIpc) is 2.61. The smallest absolute Gasteiger partial charge is 0.275 e. The summed E-state index contributed by atoms with van der Waals surface area (Å²) in [5.41, 5.74) is 1.44. The van der Waals surface area contributed by atoms with Crippen molar-refractivity contribution < 1.29 is 4.79 Å². The summed E-state index contributed by atoms with van der Waals surface area (Å²) in [4.78, 5) is 15.6. The Bertz CT molecular complexity index is 437. The molecule has 0 aromatic heterocycles. The maximum atomic E-state index is 11.4. The van der Waals surface area contributed by atoms with Gasteiger partial charge in [-0.25, -0.2) is 4.99 Å². The monoisotopic (exact) mass is 218 g/mol. The van der Waals surface area contributed by atoms with Gasteiger partial charge in [0.1, 0.15) is 5.70 Å². The number of amides is 1. The van der Waals surface area contributed by atoms with Gasteiger partial charge in [0, 0.05) is 0 Å². The van der Waals surface area contributed by atoms with Gasteiger partial charge in [-0.1, -0.05) is 42.1 Å². The molecular weight excluding hydrogens is 208 g/mol. The van der Waals surface area contributed by atoms with Gasteiger partial charge < -0.3 is 0 Å². The first-order chi connectivity index (χ1) is 7.29. The zero-order valence-electron chi connectivity index (χ0n) is 8.23. The molecule has 1 aliphatic rings. The predicted octanol–water partition coefficient (Wildman–Crippen LogP) is 1.88. The molecule has 0 fully saturated rings. The van der Waals surface area contributed by atoms with Crippen molar-refractivity contribution in [2.75, 3.05) is 6.26 Å². The van der Waals surface area contributed by atoms with Crippen LogP contribution in [0, 0.1) is 0 Å². The van der Waals surface area contributed by atoms with Gasteiger partial charge in [-0.15, -0.1) is 0 Å². The lowest BCUT2D eigenvalue weighted by Gasteiger charge is -1.93. The van der Waals surface area contributed by atoms with Gasteiger partial charge in [-0.05, 0) is 17.9 Å². The first-order valence-electron chi connectivity index (χ1n) is 4.50. The molecule has 1 aliphatic heterocycles. The van der Waals surface area contributed by atoms with Crippen molar-refractivity contribution >= 4 is 28.9 Å². The second-order valence-electron chi connectivity index (χ2n) is 3.02. The number of carbonyl (C=O) groups excluding carboxylic acids is 1. The van der Waals surface area contributed by atoms with Crippen molar-refractivity contribution in [1.82, 2.24) is 5.32 Å². The molecule has 1 heterocycles. The number of carbonyl (C=O) groups is 1. The van der Waals surface area contributed by atoms with Gasteiger partial charge in [0.2, 0.25) is 0 Å². The fourth-order valence-electron chi connectivity index (χ4n) is 1.25. The summed E-state index contributed by atoms with van der Waals surface area (Å²) in [7, 11) is 0. The number of hydrogen-bond donors (Lipinski definition) is 1. The van der Waals surface area contributed by atoms with Gasteiger partial charge in [0.25, 0.3) is 5.91 Å². The van der Waals surface area contributed by atoms with Gasteiger partial charge in [0.05, 0.1) is 0 Å². The standard InChI is InChI=1S/C11H10N2OS/c1-15-11-12-9(10(14)13-11)7-8-5-3-2-4-6-8/h2-7H,1H3,(H,12,13,14). The van der Waals surface area contributed by atoms with E-state index in [1.807, 2.05) is 36.6 Å². The lowest BCUT2D eigenvalue weighted by atomic mass is 10.2. The molecule has 3 nitrogen and oxygen atoms in total. The van der Waals surface area contributed by atoms with E-state index in [4.69, 9.17) is 0 Å². The minimum absolute atomic E-state index is 0.136. The van der Waals surface area contributed by atoms with E-state index in [0.29, 0.717) is 10.9 Å². The van der Waals surface area contributed by atoms with Crippen LogP contribution in [0.1, 0.15) is 5.56 Å². The quantitative estimate of drug-likeness (QED) is 0.731. The van der Waals surface area contributed by atoms with Crippen molar-refractivity contribution in [2.45, 2.75) is 0 Å². The molecule has 0 unspecified atom stereocenters. The molecule has 15 heavy (non-hydrogen) atoms. The maximum Gasteiger partial charge on any atom is 0.275 e. The van der Waals surface area contributed by atoms with Gasteiger partial charge >= 0.3 is 0 Å². The molecule has 1 aromatic carbocycles. The minimum Gasteiger partial charge on any atom is -0.300 e. The van der Waals surface area contributed by atoms with E-state index in [1.54, 1.807) is 6.08 Å². The molecule has 1 amide bonds. The summed E-state index contributed by atoms with van der Waals surface area (Å²) < 4.78 is 0. The van der Waals surface area contributed by atoms with Crippen molar-refractivity contribution in [3.05, 3.63) is 41.6 Å². The number of nitrogens with one attached hydrogen (secondary N) is 1. The number of amidine groups is 1. The fourth-order valence-corrected chi connectivity index (χ4v) is 1.64. The van der Waals surface area contributed by atoms with Crippen LogP contribution in [0.4, 0.5) is 0 Å². The highest BCUT2D eigenvalue weighted by atomic mass is 32.2. The molecule has 0 bridgehead atoms. The number of nitrogens with zero attached hydrogens (tertiary/aromatic N) is 1. The fraction of sp³-hybridized carbons (Fsp3) is 0.0909. The van der Waals surface area contributed by atoms with Crippen molar-refractivity contribution in [3.63, 3.8) is 0 Å². The normalized spacial score (nSPS) is 17.8. The molecule has 0 atom stereocenters. The number of thioether (sulfide) groups is 1. The third-order valence-electron chi connectivity index (χ3n) is 1.97. The van der Waals surface area contributed by atoms with E-state index in [0.717, 1.165) is 5.56 Å². The van der Waals surface area contributed by atoms with E-state index < -0.39 is 0 Å². The van der Waals surface area contributed by atoms with Crippen LogP contribution >= 0.6 is 11.8 Å². The molecule has 0 radical (unpaired) electrons. The highest BCUT2D eigenvalue weighted by Gasteiger charge is 2.18. The number of benzene rings is 1. The Morgan fingerprint density at radius 3 is 2.67 bits per heavy atom. The molecule has 4 heteroatoms. The largest absolute Gasteiger partial charge is 0.300 e. The molecule has 1 N–H and O–H groups in total. The van der Waals surface area contributed by atoms with E-state index in [9.17, 15) is 4.79 Å². The highest BCUT2D eigenvalue weighted by molar-refractivity contribution is 8.13. The lowest BCUT2D eigenvalue weighted by Crippen LogP contribution is -2.21. The van der Waals surface area contributed by atoms with E-state index >= 15 is 0 Å². The number of rotatable bonds is 1. The van der Waals surface area contributed by atoms with Crippen LogP contribution in [0.3, 0.4) is 0 Å². The molecule has 1 aromatic rings. The summed E-state index contributed by atoms with van der Waals surface area (Å²) >= 11 is 1.43. The summed E-state index contributed by atoms with van der Waals surface area (Å²) in [6, 6.07) is 9.67. The summed E-state index contributed by atoms with van der Waals surface area (Å²) in [5, 5.41) is 3.33. The topological polar surface area (TPSA) is 41.5 Å². The van der Waals surface area contributed by atoms with Crippen LogP contribution in [0.25, 0.3) is 6.08 Å². The van der Waals surface area contributed by atoms with Gasteiger partial charge in [-0.2, -0.15) is 0 Å². The third-order valence-corrected chi connectivity index (χ3v) is 2.55. The third kappa shape index (κ3) is 2.27. The second-order valence-corrected chi connectivity index (χ2v) is 3.81. The van der Waals surface area contributed by atoms with E-state index in [1.165, 1.54) is 11.8 Å². The maximum absolute atomic E-state index is 11.4. The molecule has 0 saturated carbocycles. The molecule has 0 saturated heterocycles. The van der Waals surface area contributed by atoms with Gasteiger partial charge in [-0.3, -0.25) is 10.1 Å². The van der Waals surface area contributed by atoms with Crippen molar-refractivity contribution in [2.24, 2.45) is 4.99 Å². The molecular formula is C11H10N2OS. The van der Waals surface area contributed by atoms with Crippen molar-refractivity contribution in [3.8, 4) is 0 Å². The first kappa shape index (κ1) is 9.98. The van der Waals surface area contributed by atoms with E-state index in [-0.39, 0.29) is 5.91 Å². The van der Waals surface area contributed by atoms with Crippen LogP contribution in [0.5, 0.6) is 0 Å². The van der Waals surface area contributed by atoms with Crippen LogP contribution in [0.2, 0.25) is 0 Å². The van der Waals surface area contributed by atoms with Crippen LogP contribution in [-0.4, -0.2) is 17.3 Å². The lowest BCUT2D eigenvalue weighted by molar-refractivity contribution is -0.115. The molecule has 0 spiro atoms. The Kier molecular flexibility index (Phi) is 2.87. The SMILES string of the molecule is CSC1=NC(=Cc2ccccc2)C(=O)N1. The molecule has 2 rings (SSSR count). The van der Waals surface area contributed by atoms with E-state index in [2.05, 4.69) is 10.3 Å². The Balaban J connectivity index is 2.28. The summed E-state index contributed by atoms with van der Waals surface area (Å²) in [5.74, 6) is -0.136. The molecule has 0 aliphatic carbocycles. The van der Waals surface area contributed by atoms with Crippen LogP contribution in [0.15, 0.2) is 41.0 Å². The molecule has 76 valence electrons. The number of aliphatic imine (C=N–C) groups is 1. The van der Waals surface area contributed by atoms with Crippen LogP contribution < -0.4 is 5.32 Å². The Morgan fingerprint density at radius 2 is 2.07 bits per heavy atom. The Labute approximate surface area is 92.3 Å². The minimum atomic E-state index is -0.136. The average molecular weight is 218 g/mol. The van der Waals surface area contributed by atoms with Crippen LogP contribution in [-0.2, 0) is 4.79 Å². The van der Waals surface area contributed by atoms with Gasteiger partial charge in [0.15, 0.2) is 5.17 Å². The summed E-state index contributed by atoms with van der Waals surface area (Å²) in [6.07, 6.45) is 3.66. The Morgan fingerprint density at radius 1 is 1.33 bits per heavy atom. The zero-order chi connectivity index (χ0) is 10.7. The summed E-state index contributed by atoms with van der Waals surface area (Å²) in [6.45, 7) is 0. The second kappa shape index (κ2) is 4.31. The number of hydrogen-bond acceptors (Lipinski definition) is 3. The van der Waals surface area contributed by atoms with Crippen molar-refractivity contribution in [1.29, 1.82) is 0 Å². The Hall–Kier alpha value is -1.55. The zero-order valence-corrected chi connectivity index (χ0v) is 9.04. The highest BCUT2D eigenvalue weighted by Crippen LogP contribution is 2.14. The predicted molar refractivity (Wildman–Crippen MR) is 63.5 cm³/mol. The first-order valence-corrected chi connectivity index (χ1v) is 5.73.